The molecule has 0 unspecified atom stereocenters. The first kappa shape index (κ1) is 10.2. The molecular weight excluding hydrogens is 202 g/mol. The standard InChI is InChI=1S/C12H11N3O/c13-12(16)15-10-6-7-14-11(8-10)9-4-2-1-3-5-9/h1-8H,(H3,13,14,15,16). The Labute approximate surface area is 93.1 Å². The van der Waals surface area contributed by atoms with E-state index in [4.69, 9.17) is 5.73 Å². The van der Waals surface area contributed by atoms with E-state index in [9.17, 15) is 4.79 Å². The van der Waals surface area contributed by atoms with Gasteiger partial charge in [-0.25, -0.2) is 4.79 Å². The van der Waals surface area contributed by atoms with E-state index in [0.717, 1.165) is 11.3 Å². The van der Waals surface area contributed by atoms with E-state index < -0.39 is 6.03 Å². The minimum atomic E-state index is -0.579. The molecule has 0 aliphatic rings. The van der Waals surface area contributed by atoms with Crippen LogP contribution in [0.15, 0.2) is 48.7 Å². The van der Waals surface area contributed by atoms with Crippen LogP contribution in [0.1, 0.15) is 0 Å². The van der Waals surface area contributed by atoms with Gasteiger partial charge in [0.05, 0.1) is 5.69 Å². The number of anilines is 1. The van der Waals surface area contributed by atoms with Crippen LogP contribution in [0, 0.1) is 0 Å². The highest BCUT2D eigenvalue weighted by molar-refractivity contribution is 5.88. The molecule has 0 saturated heterocycles. The van der Waals surface area contributed by atoms with Crippen molar-refractivity contribution in [2.24, 2.45) is 5.73 Å². The molecule has 4 heteroatoms. The maximum Gasteiger partial charge on any atom is 0.316 e. The Hall–Kier alpha value is -2.36. The summed E-state index contributed by atoms with van der Waals surface area (Å²) in [6.07, 6.45) is 1.63. The lowest BCUT2D eigenvalue weighted by molar-refractivity contribution is 0.259. The molecule has 2 rings (SSSR count). The zero-order chi connectivity index (χ0) is 11.4. The number of hydrogen-bond acceptors (Lipinski definition) is 2. The average molecular weight is 213 g/mol. The van der Waals surface area contributed by atoms with Crippen LogP contribution in [-0.2, 0) is 0 Å². The summed E-state index contributed by atoms with van der Waals surface area (Å²) in [5, 5.41) is 2.51. The lowest BCUT2D eigenvalue weighted by Crippen LogP contribution is -2.19. The fraction of sp³-hybridized carbons (Fsp3) is 0. The molecule has 0 spiro atoms. The Kier molecular flexibility index (Phi) is 2.82. The maximum absolute atomic E-state index is 10.7. The number of benzene rings is 1. The van der Waals surface area contributed by atoms with Crippen molar-refractivity contribution in [3.63, 3.8) is 0 Å². The number of pyridine rings is 1. The van der Waals surface area contributed by atoms with E-state index >= 15 is 0 Å². The summed E-state index contributed by atoms with van der Waals surface area (Å²) < 4.78 is 0. The quantitative estimate of drug-likeness (QED) is 0.803. The second kappa shape index (κ2) is 4.44. The average Bonchev–Trinajstić information content (AvgIpc) is 2.30. The second-order valence-corrected chi connectivity index (χ2v) is 3.29. The molecule has 0 aliphatic carbocycles. The molecule has 4 nitrogen and oxygen atoms in total. The molecule has 80 valence electrons. The van der Waals surface area contributed by atoms with E-state index in [-0.39, 0.29) is 0 Å². The van der Waals surface area contributed by atoms with Gasteiger partial charge < -0.3 is 11.1 Å². The van der Waals surface area contributed by atoms with Gasteiger partial charge in [0.25, 0.3) is 0 Å². The monoisotopic (exact) mass is 213 g/mol. The highest BCUT2D eigenvalue weighted by Gasteiger charge is 2.01. The van der Waals surface area contributed by atoms with Crippen molar-refractivity contribution in [3.05, 3.63) is 48.7 Å². The van der Waals surface area contributed by atoms with E-state index in [1.807, 2.05) is 30.3 Å². The number of urea groups is 1. The summed E-state index contributed by atoms with van der Waals surface area (Å²) in [5.74, 6) is 0. The lowest BCUT2D eigenvalue weighted by atomic mass is 10.1. The topological polar surface area (TPSA) is 68.0 Å². The molecule has 0 fully saturated rings. The Balaban J connectivity index is 2.33. The van der Waals surface area contributed by atoms with E-state index in [1.54, 1.807) is 18.3 Å². The number of rotatable bonds is 2. The van der Waals surface area contributed by atoms with Gasteiger partial charge in [0.15, 0.2) is 0 Å². The van der Waals surface area contributed by atoms with Crippen LogP contribution >= 0.6 is 0 Å². The predicted molar refractivity (Wildman–Crippen MR) is 62.9 cm³/mol. The van der Waals surface area contributed by atoms with Crippen molar-refractivity contribution in [2.75, 3.05) is 5.32 Å². The third-order valence-electron chi connectivity index (χ3n) is 2.10. The van der Waals surface area contributed by atoms with Crippen LogP contribution in [0.5, 0.6) is 0 Å². The van der Waals surface area contributed by atoms with Gasteiger partial charge in [-0.2, -0.15) is 0 Å². The van der Waals surface area contributed by atoms with Crippen molar-refractivity contribution in [3.8, 4) is 11.3 Å². The molecule has 2 amide bonds. The highest BCUT2D eigenvalue weighted by atomic mass is 16.2. The maximum atomic E-state index is 10.7. The predicted octanol–water partition coefficient (Wildman–Crippen LogP) is 2.24. The van der Waals surface area contributed by atoms with Gasteiger partial charge in [0.1, 0.15) is 0 Å². The minimum Gasteiger partial charge on any atom is -0.351 e. The van der Waals surface area contributed by atoms with Crippen LogP contribution in [0.4, 0.5) is 10.5 Å². The van der Waals surface area contributed by atoms with Crippen LogP contribution in [0.3, 0.4) is 0 Å². The molecule has 3 N–H and O–H groups in total. The van der Waals surface area contributed by atoms with Crippen molar-refractivity contribution in [1.82, 2.24) is 4.98 Å². The highest BCUT2D eigenvalue weighted by Crippen LogP contribution is 2.19. The number of nitrogens with two attached hydrogens (primary N) is 1. The van der Waals surface area contributed by atoms with Gasteiger partial charge in [-0.3, -0.25) is 4.98 Å². The first-order valence-electron chi connectivity index (χ1n) is 4.83. The van der Waals surface area contributed by atoms with Crippen molar-refractivity contribution >= 4 is 11.7 Å². The minimum absolute atomic E-state index is 0.579. The first-order valence-corrected chi connectivity index (χ1v) is 4.83. The van der Waals surface area contributed by atoms with E-state index in [1.165, 1.54) is 0 Å². The summed E-state index contributed by atoms with van der Waals surface area (Å²) in [6, 6.07) is 12.6. The lowest BCUT2D eigenvalue weighted by Gasteiger charge is -2.04. The summed E-state index contributed by atoms with van der Waals surface area (Å²) >= 11 is 0. The largest absolute Gasteiger partial charge is 0.351 e. The molecule has 1 aromatic carbocycles. The van der Waals surface area contributed by atoms with Gasteiger partial charge in [-0.15, -0.1) is 0 Å². The number of nitrogens with zero attached hydrogens (tertiary/aromatic N) is 1. The molecule has 0 saturated carbocycles. The second-order valence-electron chi connectivity index (χ2n) is 3.29. The summed E-state index contributed by atoms with van der Waals surface area (Å²) in [7, 11) is 0. The van der Waals surface area contributed by atoms with Gasteiger partial charge in [-0.05, 0) is 12.1 Å². The number of primary amides is 1. The number of carbonyl (C=O) groups excluding carboxylic acids is 1. The third kappa shape index (κ3) is 2.36. The fourth-order valence-corrected chi connectivity index (χ4v) is 1.42. The van der Waals surface area contributed by atoms with Crippen LogP contribution in [-0.4, -0.2) is 11.0 Å². The Morgan fingerprint density at radius 3 is 2.62 bits per heavy atom. The Morgan fingerprint density at radius 2 is 1.94 bits per heavy atom. The van der Waals surface area contributed by atoms with Crippen LogP contribution < -0.4 is 11.1 Å². The van der Waals surface area contributed by atoms with Crippen molar-refractivity contribution in [2.45, 2.75) is 0 Å². The number of carbonyl (C=O) groups is 1. The normalized spacial score (nSPS) is 9.75. The zero-order valence-corrected chi connectivity index (χ0v) is 8.55. The number of amides is 2. The van der Waals surface area contributed by atoms with Gasteiger partial charge >= 0.3 is 6.03 Å². The van der Waals surface area contributed by atoms with Crippen molar-refractivity contribution in [1.29, 1.82) is 0 Å². The van der Waals surface area contributed by atoms with Gasteiger partial charge in [0, 0.05) is 17.4 Å². The third-order valence-corrected chi connectivity index (χ3v) is 2.10. The van der Waals surface area contributed by atoms with E-state index in [0.29, 0.717) is 5.69 Å². The zero-order valence-electron chi connectivity index (χ0n) is 8.55. The molecule has 0 atom stereocenters. The molecule has 0 aliphatic heterocycles. The summed E-state index contributed by atoms with van der Waals surface area (Å²) in [5.41, 5.74) is 7.48. The smallest absolute Gasteiger partial charge is 0.316 e. The summed E-state index contributed by atoms with van der Waals surface area (Å²) in [6.45, 7) is 0. The van der Waals surface area contributed by atoms with E-state index in [2.05, 4.69) is 10.3 Å². The molecule has 0 radical (unpaired) electrons. The molecular formula is C12H11N3O. The van der Waals surface area contributed by atoms with Gasteiger partial charge in [0.2, 0.25) is 0 Å². The molecule has 0 bridgehead atoms. The number of hydrogen-bond donors (Lipinski definition) is 2. The van der Waals surface area contributed by atoms with Crippen LogP contribution in [0.25, 0.3) is 11.3 Å². The molecule has 1 aromatic heterocycles. The van der Waals surface area contributed by atoms with Gasteiger partial charge in [-0.1, -0.05) is 30.3 Å². The Bertz CT molecular complexity index is 497. The SMILES string of the molecule is NC(=O)Nc1ccnc(-c2ccccc2)c1. The van der Waals surface area contributed by atoms with Crippen LogP contribution in [0.2, 0.25) is 0 Å². The Morgan fingerprint density at radius 1 is 1.19 bits per heavy atom. The first-order chi connectivity index (χ1) is 7.75. The van der Waals surface area contributed by atoms with Crippen molar-refractivity contribution < 1.29 is 4.79 Å². The fourth-order valence-electron chi connectivity index (χ4n) is 1.42. The summed E-state index contributed by atoms with van der Waals surface area (Å²) in [4.78, 5) is 14.9. The number of nitrogens with one attached hydrogen (secondary N) is 1. The molecule has 16 heavy (non-hydrogen) atoms. The molecule has 2 aromatic rings. The number of aromatic nitrogens is 1. The molecule has 1 heterocycles.